The number of hydrogen-bond acceptors (Lipinski definition) is 2. The van der Waals surface area contributed by atoms with Crippen molar-refractivity contribution >= 4 is 11.6 Å². The Morgan fingerprint density at radius 2 is 2.09 bits per heavy atom. The Morgan fingerprint density at radius 3 is 2.78 bits per heavy atom. The zero-order valence-electron chi connectivity index (χ0n) is 14.7. The Kier molecular flexibility index (Phi) is 5.56. The molecule has 0 N–H and O–H groups in total. The Labute approximate surface area is 140 Å². The van der Waals surface area contributed by atoms with Gasteiger partial charge in [-0.2, -0.15) is 0 Å². The highest BCUT2D eigenvalue weighted by Crippen LogP contribution is 2.45. The second-order valence-electron chi connectivity index (χ2n) is 7.62. The summed E-state index contributed by atoms with van der Waals surface area (Å²) < 4.78 is 0. The topological polar surface area (TPSA) is 34.1 Å². The summed E-state index contributed by atoms with van der Waals surface area (Å²) in [5, 5.41) is 0. The first-order chi connectivity index (χ1) is 10.8. The van der Waals surface area contributed by atoms with E-state index in [9.17, 15) is 9.59 Å². The van der Waals surface area contributed by atoms with Gasteiger partial charge in [0.15, 0.2) is 11.6 Å². The highest BCUT2D eigenvalue weighted by Gasteiger charge is 2.33. The maximum atomic E-state index is 11.7. The number of carbonyl (C=O) groups is 2. The zero-order chi connectivity index (χ0) is 17.0. The number of hydrogen-bond donors (Lipinski definition) is 0. The lowest BCUT2D eigenvalue weighted by atomic mass is 9.65. The summed E-state index contributed by atoms with van der Waals surface area (Å²) in [5.41, 5.74) is 3.62. The normalized spacial score (nSPS) is 24.8. The largest absolute Gasteiger partial charge is 0.290 e. The molecule has 0 saturated heterocycles. The number of carbonyl (C=O) groups excluding carboxylic acids is 2. The third kappa shape index (κ3) is 4.63. The quantitative estimate of drug-likeness (QED) is 0.521. The van der Waals surface area contributed by atoms with E-state index >= 15 is 0 Å². The summed E-state index contributed by atoms with van der Waals surface area (Å²) >= 11 is 0. The summed E-state index contributed by atoms with van der Waals surface area (Å²) in [6.07, 6.45) is 12.6. The van der Waals surface area contributed by atoms with Gasteiger partial charge in [0, 0.05) is 5.57 Å². The van der Waals surface area contributed by atoms with Crippen molar-refractivity contribution in [1.29, 1.82) is 0 Å². The maximum Gasteiger partial charge on any atom is 0.182 e. The van der Waals surface area contributed by atoms with Crippen molar-refractivity contribution in [2.45, 2.75) is 59.3 Å². The van der Waals surface area contributed by atoms with E-state index in [1.807, 2.05) is 0 Å². The monoisotopic (exact) mass is 312 g/mol. The van der Waals surface area contributed by atoms with Crippen LogP contribution in [0.2, 0.25) is 0 Å². The molecule has 2 rings (SSSR count). The first-order valence-corrected chi connectivity index (χ1v) is 8.60. The molecule has 2 nitrogen and oxygen atoms in total. The summed E-state index contributed by atoms with van der Waals surface area (Å²) in [6.45, 7) is 11.1. The van der Waals surface area contributed by atoms with Gasteiger partial charge in [0.05, 0.1) is 0 Å². The predicted octanol–water partition coefficient (Wildman–Crippen LogP) is 5.12. The van der Waals surface area contributed by atoms with E-state index in [0.717, 1.165) is 19.3 Å². The van der Waals surface area contributed by atoms with E-state index in [2.05, 4.69) is 33.4 Å². The molecule has 0 radical (unpaired) electrons. The fourth-order valence-electron chi connectivity index (χ4n) is 3.74. The molecule has 1 unspecified atom stereocenters. The van der Waals surface area contributed by atoms with Crippen molar-refractivity contribution in [2.75, 3.05) is 0 Å². The standard InChI is InChI=1S/C21H28O2/c1-15(7-9-17-14-18(22)10-12-20(17)23)8-11-19-16(2)6-5-13-21(19,3)4/h7,10,12,14,19H,2,5-6,8-9,11,13H2,1,3-4H3/b15-7+. The maximum absolute atomic E-state index is 11.7. The SMILES string of the molecule is C=C1CCCC(C)(C)C1CC/C(C)=C/CC1=CC(=O)C=CC1=O. The van der Waals surface area contributed by atoms with E-state index in [4.69, 9.17) is 0 Å². The minimum atomic E-state index is -0.0918. The van der Waals surface area contributed by atoms with E-state index in [1.54, 1.807) is 0 Å². The lowest BCUT2D eigenvalue weighted by Gasteiger charge is -2.40. The average Bonchev–Trinajstić information content (AvgIpc) is 2.47. The van der Waals surface area contributed by atoms with Gasteiger partial charge in [0.1, 0.15) is 0 Å². The van der Waals surface area contributed by atoms with Gasteiger partial charge in [-0.1, -0.05) is 37.6 Å². The van der Waals surface area contributed by atoms with Gasteiger partial charge >= 0.3 is 0 Å². The molecule has 0 spiro atoms. The van der Waals surface area contributed by atoms with Crippen LogP contribution in [0.3, 0.4) is 0 Å². The molecule has 23 heavy (non-hydrogen) atoms. The van der Waals surface area contributed by atoms with Crippen LogP contribution in [0.25, 0.3) is 0 Å². The van der Waals surface area contributed by atoms with Crippen molar-refractivity contribution in [2.24, 2.45) is 11.3 Å². The summed E-state index contributed by atoms with van der Waals surface area (Å²) in [4.78, 5) is 23.1. The van der Waals surface area contributed by atoms with Gasteiger partial charge in [-0.3, -0.25) is 9.59 Å². The van der Waals surface area contributed by atoms with Gasteiger partial charge in [-0.05, 0) is 75.0 Å². The fraction of sp³-hybridized carbons (Fsp3) is 0.524. The molecule has 2 heteroatoms. The number of rotatable bonds is 5. The van der Waals surface area contributed by atoms with E-state index in [1.165, 1.54) is 42.2 Å². The number of ketones is 2. The summed E-state index contributed by atoms with van der Waals surface area (Å²) in [6, 6.07) is 0. The summed E-state index contributed by atoms with van der Waals surface area (Å²) in [7, 11) is 0. The molecule has 2 aliphatic rings. The van der Waals surface area contributed by atoms with Crippen molar-refractivity contribution in [3.63, 3.8) is 0 Å². The molecule has 0 amide bonds. The van der Waals surface area contributed by atoms with Crippen LogP contribution in [0.1, 0.15) is 59.3 Å². The van der Waals surface area contributed by atoms with Gasteiger partial charge < -0.3 is 0 Å². The predicted molar refractivity (Wildman–Crippen MR) is 95.1 cm³/mol. The molecule has 0 heterocycles. The van der Waals surface area contributed by atoms with E-state index in [0.29, 0.717) is 23.3 Å². The van der Waals surface area contributed by atoms with Crippen molar-refractivity contribution < 1.29 is 9.59 Å². The Hall–Kier alpha value is -1.70. The van der Waals surface area contributed by atoms with Gasteiger partial charge in [-0.15, -0.1) is 0 Å². The molecular weight excluding hydrogens is 284 g/mol. The third-order valence-electron chi connectivity index (χ3n) is 5.28. The molecule has 1 fully saturated rings. The Balaban J connectivity index is 1.91. The third-order valence-corrected chi connectivity index (χ3v) is 5.28. The van der Waals surface area contributed by atoms with Crippen molar-refractivity contribution in [1.82, 2.24) is 0 Å². The van der Waals surface area contributed by atoms with E-state index in [-0.39, 0.29) is 11.6 Å². The Bertz CT molecular complexity index is 599. The van der Waals surface area contributed by atoms with Crippen LogP contribution < -0.4 is 0 Å². The van der Waals surface area contributed by atoms with Gasteiger partial charge in [-0.25, -0.2) is 0 Å². The first-order valence-electron chi connectivity index (χ1n) is 8.60. The van der Waals surface area contributed by atoms with Crippen molar-refractivity contribution in [3.05, 3.63) is 47.6 Å². The minimum absolute atomic E-state index is 0.0459. The van der Waals surface area contributed by atoms with Crippen LogP contribution in [-0.2, 0) is 9.59 Å². The molecule has 0 aromatic rings. The fourth-order valence-corrected chi connectivity index (χ4v) is 3.74. The second kappa shape index (κ2) is 7.25. The second-order valence-corrected chi connectivity index (χ2v) is 7.62. The smallest absolute Gasteiger partial charge is 0.182 e. The lowest BCUT2D eigenvalue weighted by Crippen LogP contribution is -2.29. The van der Waals surface area contributed by atoms with Crippen LogP contribution in [0.4, 0.5) is 0 Å². The molecular formula is C21H28O2. The molecule has 2 aliphatic carbocycles. The van der Waals surface area contributed by atoms with Crippen LogP contribution in [0.15, 0.2) is 47.6 Å². The average molecular weight is 312 g/mol. The minimum Gasteiger partial charge on any atom is -0.290 e. The zero-order valence-corrected chi connectivity index (χ0v) is 14.7. The molecule has 0 aliphatic heterocycles. The summed E-state index contributed by atoms with van der Waals surface area (Å²) in [5.74, 6) is 0.445. The van der Waals surface area contributed by atoms with Crippen LogP contribution in [0, 0.1) is 11.3 Å². The van der Waals surface area contributed by atoms with Crippen molar-refractivity contribution in [3.8, 4) is 0 Å². The number of allylic oxidation sites excluding steroid dienone is 7. The molecule has 1 atom stereocenters. The van der Waals surface area contributed by atoms with E-state index < -0.39 is 0 Å². The van der Waals surface area contributed by atoms with Gasteiger partial charge in [0.2, 0.25) is 0 Å². The van der Waals surface area contributed by atoms with Crippen LogP contribution in [-0.4, -0.2) is 11.6 Å². The first kappa shape index (κ1) is 17.7. The van der Waals surface area contributed by atoms with Crippen LogP contribution >= 0.6 is 0 Å². The Morgan fingerprint density at radius 1 is 1.35 bits per heavy atom. The molecule has 1 saturated carbocycles. The lowest BCUT2D eigenvalue weighted by molar-refractivity contribution is -0.114. The highest BCUT2D eigenvalue weighted by molar-refractivity contribution is 6.17. The molecule has 124 valence electrons. The van der Waals surface area contributed by atoms with Gasteiger partial charge in [0.25, 0.3) is 0 Å². The highest BCUT2D eigenvalue weighted by atomic mass is 16.1. The molecule has 0 bridgehead atoms. The molecule has 0 aromatic carbocycles. The molecule has 0 aromatic heterocycles. The van der Waals surface area contributed by atoms with Crippen LogP contribution in [0.5, 0.6) is 0 Å².